The Morgan fingerprint density at radius 1 is 1.09 bits per heavy atom. The van der Waals surface area contributed by atoms with E-state index >= 15 is 0 Å². The summed E-state index contributed by atoms with van der Waals surface area (Å²) < 4.78 is 11.5. The van der Waals surface area contributed by atoms with Crippen LogP contribution in [0.3, 0.4) is 0 Å². The van der Waals surface area contributed by atoms with Crippen molar-refractivity contribution < 1.29 is 14.3 Å². The van der Waals surface area contributed by atoms with E-state index in [0.29, 0.717) is 29.4 Å². The maximum absolute atomic E-state index is 11.3. The largest absolute Gasteiger partial charge is 0.490 e. The van der Waals surface area contributed by atoms with Gasteiger partial charge in [0.1, 0.15) is 5.75 Å². The smallest absolute Gasteiger partial charge is 0.169 e. The van der Waals surface area contributed by atoms with E-state index in [2.05, 4.69) is 0 Å². The standard InChI is InChI=1S/C19H20O3/c1-4-6-15-7-12-18(21-5-2)19(13-15)22-17-10-8-16(9-11-17)14(3)20/h4,6-13H,5H2,1-3H3/b6-4+. The Bertz CT molecular complexity index is 670. The maximum atomic E-state index is 11.3. The van der Waals surface area contributed by atoms with Crippen molar-refractivity contribution >= 4 is 11.9 Å². The van der Waals surface area contributed by atoms with E-state index in [-0.39, 0.29) is 5.78 Å². The lowest BCUT2D eigenvalue weighted by Gasteiger charge is -2.12. The number of carbonyl (C=O) groups is 1. The fourth-order valence-electron chi connectivity index (χ4n) is 2.06. The molecule has 0 heterocycles. The number of ketones is 1. The van der Waals surface area contributed by atoms with Crippen LogP contribution in [-0.2, 0) is 0 Å². The van der Waals surface area contributed by atoms with E-state index in [0.717, 1.165) is 5.56 Å². The summed E-state index contributed by atoms with van der Waals surface area (Å²) in [5.41, 5.74) is 1.71. The fourth-order valence-corrected chi connectivity index (χ4v) is 2.06. The molecule has 3 nitrogen and oxygen atoms in total. The van der Waals surface area contributed by atoms with Gasteiger partial charge in [-0.1, -0.05) is 18.2 Å². The van der Waals surface area contributed by atoms with E-state index in [4.69, 9.17) is 9.47 Å². The topological polar surface area (TPSA) is 35.5 Å². The molecule has 0 amide bonds. The molecule has 0 radical (unpaired) electrons. The molecule has 0 aliphatic carbocycles. The van der Waals surface area contributed by atoms with Crippen LogP contribution in [0.1, 0.15) is 36.7 Å². The number of allylic oxidation sites excluding steroid dienone is 1. The third-order valence-electron chi connectivity index (χ3n) is 3.12. The number of hydrogen-bond acceptors (Lipinski definition) is 3. The van der Waals surface area contributed by atoms with E-state index in [9.17, 15) is 4.79 Å². The van der Waals surface area contributed by atoms with Crippen molar-refractivity contribution in [3.63, 3.8) is 0 Å². The van der Waals surface area contributed by atoms with Gasteiger partial charge < -0.3 is 9.47 Å². The lowest BCUT2D eigenvalue weighted by atomic mass is 10.1. The molecule has 0 N–H and O–H groups in total. The molecule has 0 unspecified atom stereocenters. The maximum Gasteiger partial charge on any atom is 0.169 e. The monoisotopic (exact) mass is 296 g/mol. The molecule has 2 rings (SSSR count). The Kier molecular flexibility index (Phi) is 5.37. The Morgan fingerprint density at radius 3 is 2.41 bits per heavy atom. The average molecular weight is 296 g/mol. The SMILES string of the molecule is C/C=C/c1ccc(OCC)c(Oc2ccc(C(C)=O)cc2)c1. The second-order valence-electron chi connectivity index (χ2n) is 4.82. The van der Waals surface area contributed by atoms with Crippen molar-refractivity contribution in [3.8, 4) is 17.2 Å². The van der Waals surface area contributed by atoms with Crippen molar-refractivity contribution in [2.45, 2.75) is 20.8 Å². The van der Waals surface area contributed by atoms with Gasteiger partial charge in [0, 0.05) is 5.56 Å². The van der Waals surface area contributed by atoms with Crippen LogP contribution in [0.2, 0.25) is 0 Å². The van der Waals surface area contributed by atoms with Gasteiger partial charge in [-0.15, -0.1) is 0 Å². The summed E-state index contributed by atoms with van der Waals surface area (Å²) in [5, 5.41) is 0. The molecule has 114 valence electrons. The second-order valence-corrected chi connectivity index (χ2v) is 4.82. The number of rotatable bonds is 6. The predicted molar refractivity (Wildman–Crippen MR) is 88.8 cm³/mol. The van der Waals surface area contributed by atoms with Crippen LogP contribution in [0.5, 0.6) is 17.2 Å². The first-order chi connectivity index (χ1) is 10.6. The first-order valence-corrected chi connectivity index (χ1v) is 7.32. The molecular formula is C19H20O3. The number of carbonyl (C=O) groups excluding carboxylic acids is 1. The molecule has 0 aliphatic rings. The van der Waals surface area contributed by atoms with Crippen LogP contribution in [0.25, 0.3) is 6.08 Å². The highest BCUT2D eigenvalue weighted by atomic mass is 16.5. The molecule has 2 aromatic rings. The molecule has 0 aromatic heterocycles. The summed E-state index contributed by atoms with van der Waals surface area (Å²) in [6.45, 7) is 6.02. The molecular weight excluding hydrogens is 276 g/mol. The number of benzene rings is 2. The molecule has 22 heavy (non-hydrogen) atoms. The zero-order valence-electron chi connectivity index (χ0n) is 13.1. The molecule has 0 atom stereocenters. The Hall–Kier alpha value is -2.55. The lowest BCUT2D eigenvalue weighted by Crippen LogP contribution is -1.96. The predicted octanol–water partition coefficient (Wildman–Crippen LogP) is 5.11. The number of Topliss-reactive ketones (excluding diaryl/α,β-unsaturated/α-hetero) is 1. The van der Waals surface area contributed by atoms with Gasteiger partial charge in [0.25, 0.3) is 0 Å². The molecule has 0 saturated carbocycles. The summed E-state index contributed by atoms with van der Waals surface area (Å²) in [6.07, 6.45) is 3.97. The molecule has 0 fully saturated rings. The van der Waals surface area contributed by atoms with E-state index in [1.807, 2.05) is 44.2 Å². The zero-order chi connectivity index (χ0) is 15.9. The fraction of sp³-hybridized carbons (Fsp3) is 0.211. The summed E-state index contributed by atoms with van der Waals surface area (Å²) in [4.78, 5) is 11.3. The summed E-state index contributed by atoms with van der Waals surface area (Å²) in [6, 6.07) is 12.9. The molecule has 0 aliphatic heterocycles. The minimum Gasteiger partial charge on any atom is -0.490 e. The van der Waals surface area contributed by atoms with Gasteiger partial charge in [-0.2, -0.15) is 0 Å². The van der Waals surface area contributed by atoms with Gasteiger partial charge in [-0.05, 0) is 62.7 Å². The van der Waals surface area contributed by atoms with E-state index < -0.39 is 0 Å². The van der Waals surface area contributed by atoms with Gasteiger partial charge in [0.05, 0.1) is 6.61 Å². The van der Waals surface area contributed by atoms with Gasteiger partial charge in [0.2, 0.25) is 0 Å². The minimum absolute atomic E-state index is 0.0386. The van der Waals surface area contributed by atoms with Gasteiger partial charge in [-0.3, -0.25) is 4.79 Å². The number of ether oxygens (including phenoxy) is 2. The first kappa shape index (κ1) is 15.8. The molecule has 0 bridgehead atoms. The van der Waals surface area contributed by atoms with Crippen LogP contribution >= 0.6 is 0 Å². The third kappa shape index (κ3) is 3.98. The van der Waals surface area contributed by atoms with Crippen molar-refractivity contribution in [2.75, 3.05) is 6.61 Å². The summed E-state index contributed by atoms with van der Waals surface area (Å²) >= 11 is 0. The Balaban J connectivity index is 2.29. The molecule has 3 heteroatoms. The van der Waals surface area contributed by atoms with Crippen molar-refractivity contribution in [2.24, 2.45) is 0 Å². The molecule has 0 saturated heterocycles. The van der Waals surface area contributed by atoms with Crippen molar-refractivity contribution in [1.29, 1.82) is 0 Å². The van der Waals surface area contributed by atoms with E-state index in [1.54, 1.807) is 31.2 Å². The number of hydrogen-bond donors (Lipinski definition) is 0. The van der Waals surface area contributed by atoms with Gasteiger partial charge >= 0.3 is 0 Å². The normalized spacial score (nSPS) is 10.7. The van der Waals surface area contributed by atoms with Crippen LogP contribution in [0.4, 0.5) is 0 Å². The van der Waals surface area contributed by atoms with Crippen molar-refractivity contribution in [1.82, 2.24) is 0 Å². The second kappa shape index (κ2) is 7.46. The van der Waals surface area contributed by atoms with Crippen LogP contribution in [0.15, 0.2) is 48.5 Å². The lowest BCUT2D eigenvalue weighted by molar-refractivity contribution is 0.101. The first-order valence-electron chi connectivity index (χ1n) is 7.32. The quantitative estimate of drug-likeness (QED) is 0.695. The molecule has 0 spiro atoms. The highest BCUT2D eigenvalue weighted by Gasteiger charge is 2.08. The van der Waals surface area contributed by atoms with Crippen LogP contribution in [0, 0.1) is 0 Å². The van der Waals surface area contributed by atoms with E-state index in [1.165, 1.54) is 0 Å². The Morgan fingerprint density at radius 2 is 1.82 bits per heavy atom. The van der Waals surface area contributed by atoms with Crippen LogP contribution < -0.4 is 9.47 Å². The van der Waals surface area contributed by atoms with Crippen LogP contribution in [-0.4, -0.2) is 12.4 Å². The Labute approximate surface area is 131 Å². The minimum atomic E-state index is 0.0386. The van der Waals surface area contributed by atoms with Gasteiger partial charge in [0.15, 0.2) is 17.3 Å². The highest BCUT2D eigenvalue weighted by Crippen LogP contribution is 2.33. The summed E-state index contributed by atoms with van der Waals surface area (Å²) in [7, 11) is 0. The molecule has 2 aromatic carbocycles. The van der Waals surface area contributed by atoms with Gasteiger partial charge in [-0.25, -0.2) is 0 Å². The summed E-state index contributed by atoms with van der Waals surface area (Å²) in [5.74, 6) is 2.07. The van der Waals surface area contributed by atoms with Crippen molar-refractivity contribution in [3.05, 3.63) is 59.7 Å². The highest BCUT2D eigenvalue weighted by molar-refractivity contribution is 5.94. The zero-order valence-corrected chi connectivity index (χ0v) is 13.1. The average Bonchev–Trinajstić information content (AvgIpc) is 2.51. The third-order valence-corrected chi connectivity index (χ3v) is 3.12.